The molecule has 354 valence electrons. The van der Waals surface area contributed by atoms with Gasteiger partial charge in [0.1, 0.15) is 0 Å². The lowest BCUT2D eigenvalue weighted by Gasteiger charge is -2.30. The SMILES string of the molecule is CCCCC/C=C\C/C=C\CCCCCCCC(=O)OCCCCCC(O)C(CCCCOC(=O)CCCCCCC/C=C\C/C=C\CCCCC)CN1CCCN(C)CC1. The van der Waals surface area contributed by atoms with Crippen molar-refractivity contribution in [1.82, 2.24) is 9.80 Å². The van der Waals surface area contributed by atoms with Gasteiger partial charge in [-0.15, -0.1) is 0 Å². The van der Waals surface area contributed by atoms with Crippen LogP contribution >= 0.6 is 0 Å². The lowest BCUT2D eigenvalue weighted by atomic mass is 9.91. The highest BCUT2D eigenvalue weighted by Crippen LogP contribution is 2.21. The van der Waals surface area contributed by atoms with E-state index >= 15 is 0 Å². The number of allylic oxidation sites excluding steroid dienone is 8. The highest BCUT2D eigenvalue weighted by Gasteiger charge is 2.23. The maximum absolute atomic E-state index is 12.4. The van der Waals surface area contributed by atoms with Gasteiger partial charge in [0.2, 0.25) is 0 Å². The van der Waals surface area contributed by atoms with Gasteiger partial charge in [0.25, 0.3) is 0 Å². The van der Waals surface area contributed by atoms with E-state index in [1.54, 1.807) is 0 Å². The Morgan fingerprint density at radius 1 is 0.508 bits per heavy atom. The van der Waals surface area contributed by atoms with Crippen molar-refractivity contribution in [1.29, 1.82) is 0 Å². The van der Waals surface area contributed by atoms with Gasteiger partial charge in [-0.1, -0.05) is 133 Å². The van der Waals surface area contributed by atoms with Crippen LogP contribution in [0.25, 0.3) is 0 Å². The average Bonchev–Trinajstić information content (AvgIpc) is 3.47. The minimum Gasteiger partial charge on any atom is -0.466 e. The molecule has 1 fully saturated rings. The molecule has 1 rings (SSSR count). The maximum Gasteiger partial charge on any atom is 0.305 e. The number of carbonyl (C=O) groups excluding carboxylic acids is 2. The summed E-state index contributed by atoms with van der Waals surface area (Å²) in [4.78, 5) is 29.6. The smallest absolute Gasteiger partial charge is 0.305 e. The lowest BCUT2D eigenvalue weighted by molar-refractivity contribution is -0.144. The Kier molecular flexibility index (Phi) is 41.3. The van der Waals surface area contributed by atoms with Crippen LogP contribution in [0.2, 0.25) is 0 Å². The van der Waals surface area contributed by atoms with E-state index in [9.17, 15) is 14.7 Å². The van der Waals surface area contributed by atoms with Crippen LogP contribution in [-0.2, 0) is 19.1 Å². The third kappa shape index (κ3) is 39.1. The highest BCUT2D eigenvalue weighted by molar-refractivity contribution is 5.69. The third-order valence-electron chi connectivity index (χ3n) is 12.2. The monoisotopic (exact) mass is 855 g/mol. The molecule has 1 N–H and O–H groups in total. The van der Waals surface area contributed by atoms with E-state index in [1.165, 1.54) is 89.9 Å². The van der Waals surface area contributed by atoms with Crippen molar-refractivity contribution in [3.8, 4) is 0 Å². The van der Waals surface area contributed by atoms with Crippen LogP contribution in [-0.4, -0.2) is 85.9 Å². The van der Waals surface area contributed by atoms with Crippen LogP contribution in [0.5, 0.6) is 0 Å². The number of likely N-dealkylation sites (N-methyl/N-ethyl adjacent to an activating group) is 1. The predicted molar refractivity (Wildman–Crippen MR) is 261 cm³/mol. The first kappa shape index (κ1) is 56.8. The molecular weight excluding hydrogens is 757 g/mol. The first-order valence-corrected chi connectivity index (χ1v) is 26.0. The Bertz CT molecular complexity index is 1100. The summed E-state index contributed by atoms with van der Waals surface area (Å²) in [5.74, 6) is 0.0811. The second-order valence-corrected chi connectivity index (χ2v) is 18.0. The maximum atomic E-state index is 12.4. The minimum atomic E-state index is -0.345. The number of esters is 2. The van der Waals surface area contributed by atoms with Crippen molar-refractivity contribution >= 4 is 11.9 Å². The van der Waals surface area contributed by atoms with Crippen LogP contribution in [0.4, 0.5) is 0 Å². The van der Waals surface area contributed by atoms with Crippen LogP contribution in [0.3, 0.4) is 0 Å². The summed E-state index contributed by atoms with van der Waals surface area (Å²) in [6.07, 6.45) is 52.5. The molecule has 0 aromatic heterocycles. The standard InChI is InChI=1S/C54H98N2O5/c1-4-6-8-10-12-14-16-18-20-22-24-26-28-30-34-42-53(58)60-48-37-32-33-41-52(57)51(50-56-45-39-44-55(3)46-47-56)40-36-38-49-61-54(59)43-35-31-29-27-25-23-21-19-17-15-13-11-9-7-5-2/h12-15,18-21,51-52,57H,4-11,16-17,22-50H2,1-3H3/b14-12-,15-13-,20-18-,21-19-. The summed E-state index contributed by atoms with van der Waals surface area (Å²) < 4.78 is 11.1. The molecule has 0 bridgehead atoms. The Labute approximate surface area is 377 Å². The molecule has 0 aromatic rings. The van der Waals surface area contributed by atoms with E-state index in [-0.39, 0.29) is 24.0 Å². The largest absolute Gasteiger partial charge is 0.466 e. The fourth-order valence-corrected chi connectivity index (χ4v) is 8.07. The van der Waals surface area contributed by atoms with E-state index in [4.69, 9.17) is 9.47 Å². The number of carbonyl (C=O) groups is 2. The van der Waals surface area contributed by atoms with E-state index in [2.05, 4.69) is 79.3 Å². The van der Waals surface area contributed by atoms with Crippen molar-refractivity contribution in [2.45, 2.75) is 225 Å². The van der Waals surface area contributed by atoms with Crippen molar-refractivity contribution in [3.05, 3.63) is 48.6 Å². The molecule has 0 aromatic carbocycles. The number of rotatable bonds is 42. The molecule has 0 saturated carbocycles. The number of unbranched alkanes of at least 4 members (excludes halogenated alkanes) is 19. The fraction of sp³-hybridized carbons (Fsp3) is 0.815. The average molecular weight is 855 g/mol. The molecule has 1 aliphatic heterocycles. The molecule has 0 aliphatic carbocycles. The molecule has 2 unspecified atom stereocenters. The topological polar surface area (TPSA) is 79.3 Å². The number of nitrogens with zero attached hydrogens (tertiary/aromatic N) is 2. The summed E-state index contributed by atoms with van der Waals surface area (Å²) in [5, 5.41) is 11.4. The minimum absolute atomic E-state index is 0.0665. The van der Waals surface area contributed by atoms with Gasteiger partial charge >= 0.3 is 11.9 Å². The van der Waals surface area contributed by atoms with Gasteiger partial charge in [0, 0.05) is 32.5 Å². The third-order valence-corrected chi connectivity index (χ3v) is 12.2. The molecule has 2 atom stereocenters. The Balaban J connectivity index is 2.16. The molecule has 1 aliphatic rings. The molecule has 0 spiro atoms. The summed E-state index contributed by atoms with van der Waals surface area (Å²) in [6.45, 7) is 10.7. The summed E-state index contributed by atoms with van der Waals surface area (Å²) in [7, 11) is 2.20. The molecule has 0 amide bonds. The quantitative estimate of drug-likeness (QED) is 0.0372. The number of aliphatic hydroxyl groups is 1. The summed E-state index contributed by atoms with van der Waals surface area (Å²) in [5.41, 5.74) is 0. The van der Waals surface area contributed by atoms with Crippen molar-refractivity contribution in [3.63, 3.8) is 0 Å². The summed E-state index contributed by atoms with van der Waals surface area (Å²) >= 11 is 0. The van der Waals surface area contributed by atoms with E-state index in [0.29, 0.717) is 26.1 Å². The molecule has 7 heteroatoms. The fourth-order valence-electron chi connectivity index (χ4n) is 8.07. The molecular formula is C54H98N2O5. The normalized spacial score (nSPS) is 15.4. The zero-order chi connectivity index (χ0) is 44.1. The van der Waals surface area contributed by atoms with Crippen molar-refractivity contribution in [2.75, 3.05) is 53.0 Å². The van der Waals surface area contributed by atoms with Gasteiger partial charge in [-0.25, -0.2) is 0 Å². The highest BCUT2D eigenvalue weighted by atomic mass is 16.5. The predicted octanol–water partition coefficient (Wildman–Crippen LogP) is 14.0. The van der Waals surface area contributed by atoms with E-state index in [1.807, 2.05) is 0 Å². The van der Waals surface area contributed by atoms with Crippen molar-refractivity contribution in [2.24, 2.45) is 5.92 Å². The van der Waals surface area contributed by atoms with Crippen LogP contribution in [0, 0.1) is 5.92 Å². The Hall–Kier alpha value is -2.22. The molecule has 1 heterocycles. The zero-order valence-electron chi connectivity index (χ0n) is 40.3. The van der Waals surface area contributed by atoms with Crippen LogP contribution in [0.15, 0.2) is 48.6 Å². The first-order chi connectivity index (χ1) is 30.0. The van der Waals surface area contributed by atoms with Gasteiger partial charge in [-0.05, 0) is 148 Å². The summed E-state index contributed by atoms with van der Waals surface area (Å²) in [6, 6.07) is 0. The number of hydrogen-bond acceptors (Lipinski definition) is 7. The van der Waals surface area contributed by atoms with Gasteiger partial charge in [-0.2, -0.15) is 0 Å². The van der Waals surface area contributed by atoms with Crippen LogP contribution < -0.4 is 0 Å². The zero-order valence-corrected chi connectivity index (χ0v) is 40.3. The first-order valence-electron chi connectivity index (χ1n) is 26.0. The van der Waals surface area contributed by atoms with Crippen molar-refractivity contribution < 1.29 is 24.2 Å². The molecule has 7 nitrogen and oxygen atoms in total. The second kappa shape index (κ2) is 44.4. The van der Waals surface area contributed by atoms with Crippen LogP contribution in [0.1, 0.15) is 219 Å². The van der Waals surface area contributed by atoms with Gasteiger partial charge in [0.05, 0.1) is 19.3 Å². The Morgan fingerprint density at radius 3 is 1.48 bits per heavy atom. The molecule has 0 radical (unpaired) electrons. The van der Waals surface area contributed by atoms with Gasteiger partial charge in [0.15, 0.2) is 0 Å². The number of hydrogen-bond donors (Lipinski definition) is 1. The van der Waals surface area contributed by atoms with Gasteiger partial charge in [-0.3, -0.25) is 9.59 Å². The molecule has 61 heavy (non-hydrogen) atoms. The lowest BCUT2D eigenvalue weighted by Crippen LogP contribution is -2.37. The Morgan fingerprint density at radius 2 is 0.951 bits per heavy atom. The van der Waals surface area contributed by atoms with E-state index < -0.39 is 0 Å². The molecule has 1 saturated heterocycles. The van der Waals surface area contributed by atoms with Gasteiger partial charge < -0.3 is 24.4 Å². The van der Waals surface area contributed by atoms with E-state index in [0.717, 1.165) is 135 Å². The number of ether oxygens (including phenoxy) is 2. The second-order valence-electron chi connectivity index (χ2n) is 18.0. The number of aliphatic hydroxyl groups excluding tert-OH is 1.